The van der Waals surface area contributed by atoms with Gasteiger partial charge < -0.3 is 0 Å². The zero-order valence-electron chi connectivity index (χ0n) is 7.29. The van der Waals surface area contributed by atoms with Gasteiger partial charge in [-0.1, -0.05) is 24.3 Å². The summed E-state index contributed by atoms with van der Waals surface area (Å²) < 4.78 is 0. The number of rotatable bonds is 2. The fraction of sp³-hybridized carbons (Fsp3) is 0.200. The molecule has 0 saturated heterocycles. The molecule has 0 fully saturated rings. The molecule has 12 heavy (non-hydrogen) atoms. The monoisotopic (exact) mass is 161 g/mol. The van der Waals surface area contributed by atoms with Crippen LogP contribution in [0.4, 0.5) is 5.69 Å². The van der Waals surface area contributed by atoms with Gasteiger partial charge in [-0.15, -0.1) is 4.91 Å². The molecule has 0 aliphatic heterocycles. The van der Waals surface area contributed by atoms with E-state index in [4.69, 9.17) is 0 Å². The van der Waals surface area contributed by atoms with Gasteiger partial charge in [-0.25, -0.2) is 0 Å². The van der Waals surface area contributed by atoms with E-state index in [9.17, 15) is 4.91 Å². The molecule has 62 valence electrons. The third kappa shape index (κ3) is 1.42. The maximum Gasteiger partial charge on any atom is 0.111 e. The van der Waals surface area contributed by atoms with E-state index in [-0.39, 0.29) is 0 Å². The Morgan fingerprint density at radius 3 is 2.67 bits per heavy atom. The normalized spacial score (nSPS) is 9.50. The third-order valence-corrected chi connectivity index (χ3v) is 1.86. The van der Waals surface area contributed by atoms with Gasteiger partial charge in [-0.05, 0) is 36.2 Å². The van der Waals surface area contributed by atoms with Crippen molar-refractivity contribution in [3.63, 3.8) is 0 Å². The first-order valence-corrected chi connectivity index (χ1v) is 3.75. The highest BCUT2D eigenvalue weighted by atomic mass is 16.3. The Labute approximate surface area is 71.9 Å². The van der Waals surface area contributed by atoms with Crippen LogP contribution in [0.5, 0.6) is 0 Å². The van der Waals surface area contributed by atoms with Crippen LogP contribution in [-0.2, 0) is 0 Å². The summed E-state index contributed by atoms with van der Waals surface area (Å²) in [6.45, 7) is 7.61. The molecule has 0 aromatic heterocycles. The largest absolute Gasteiger partial charge is 0.145 e. The van der Waals surface area contributed by atoms with Gasteiger partial charge in [0.05, 0.1) is 0 Å². The Balaban J connectivity index is 3.32. The number of nitrogens with zero attached hydrogens (tertiary/aromatic N) is 1. The van der Waals surface area contributed by atoms with Crippen LogP contribution in [0.1, 0.15) is 18.1 Å². The van der Waals surface area contributed by atoms with Gasteiger partial charge >= 0.3 is 0 Å². The number of hydrogen-bond donors (Lipinski definition) is 0. The summed E-state index contributed by atoms with van der Waals surface area (Å²) in [4.78, 5) is 10.3. The minimum atomic E-state index is 0.496. The van der Waals surface area contributed by atoms with Gasteiger partial charge in [0.1, 0.15) is 5.69 Å². The van der Waals surface area contributed by atoms with E-state index in [1.807, 2.05) is 26.0 Å². The maximum atomic E-state index is 10.3. The molecule has 0 heterocycles. The van der Waals surface area contributed by atoms with E-state index < -0.39 is 0 Å². The molecular formula is C10H11NO. The van der Waals surface area contributed by atoms with Crippen LogP contribution in [0.2, 0.25) is 0 Å². The van der Waals surface area contributed by atoms with Crippen LogP contribution in [-0.4, -0.2) is 0 Å². The summed E-state index contributed by atoms with van der Waals surface area (Å²) in [6.07, 6.45) is 0. The van der Waals surface area contributed by atoms with Crippen molar-refractivity contribution < 1.29 is 0 Å². The Morgan fingerprint density at radius 1 is 1.50 bits per heavy atom. The van der Waals surface area contributed by atoms with Crippen molar-refractivity contribution in [1.29, 1.82) is 0 Å². The van der Waals surface area contributed by atoms with Crippen LogP contribution in [0.15, 0.2) is 30.0 Å². The highest BCUT2D eigenvalue weighted by molar-refractivity contribution is 5.69. The lowest BCUT2D eigenvalue weighted by atomic mass is 10.0. The first-order chi connectivity index (χ1) is 5.66. The fourth-order valence-electron chi connectivity index (χ4n) is 1.18. The third-order valence-electron chi connectivity index (χ3n) is 1.86. The molecule has 0 atom stereocenters. The van der Waals surface area contributed by atoms with E-state index in [2.05, 4.69) is 11.8 Å². The standard InChI is InChI=1S/C10H11NO/c1-7(2)9-5-4-6-10(11-12)8(9)3/h4-6H,1H2,2-3H3. The second kappa shape index (κ2) is 3.30. The molecule has 0 aliphatic carbocycles. The van der Waals surface area contributed by atoms with Gasteiger partial charge in [0.2, 0.25) is 0 Å². The number of benzene rings is 1. The molecule has 0 amide bonds. The molecule has 0 unspecified atom stereocenters. The van der Waals surface area contributed by atoms with Crippen LogP contribution < -0.4 is 0 Å². The minimum absolute atomic E-state index is 0.496. The van der Waals surface area contributed by atoms with Gasteiger partial charge in [0.15, 0.2) is 0 Å². The fourth-order valence-corrected chi connectivity index (χ4v) is 1.18. The molecule has 2 nitrogen and oxygen atoms in total. The first-order valence-electron chi connectivity index (χ1n) is 3.75. The Morgan fingerprint density at radius 2 is 2.17 bits per heavy atom. The second-order valence-electron chi connectivity index (χ2n) is 2.82. The Kier molecular flexibility index (Phi) is 2.38. The molecule has 0 N–H and O–H groups in total. The quantitative estimate of drug-likeness (QED) is 0.611. The number of allylic oxidation sites excluding steroid dienone is 1. The van der Waals surface area contributed by atoms with Crippen LogP contribution >= 0.6 is 0 Å². The van der Waals surface area contributed by atoms with Gasteiger partial charge in [0, 0.05) is 0 Å². The second-order valence-corrected chi connectivity index (χ2v) is 2.82. The average molecular weight is 161 g/mol. The lowest BCUT2D eigenvalue weighted by molar-refractivity contribution is 1.35. The van der Waals surface area contributed by atoms with Crippen molar-refractivity contribution in [2.75, 3.05) is 0 Å². The molecule has 1 rings (SSSR count). The van der Waals surface area contributed by atoms with E-state index in [1.165, 1.54) is 0 Å². The predicted octanol–water partition coefficient (Wildman–Crippen LogP) is 3.43. The molecule has 1 aromatic carbocycles. The molecule has 1 aromatic rings. The molecule has 2 heteroatoms. The Bertz CT molecular complexity index is 329. The molecular weight excluding hydrogens is 150 g/mol. The first kappa shape index (κ1) is 8.65. The van der Waals surface area contributed by atoms with E-state index >= 15 is 0 Å². The van der Waals surface area contributed by atoms with Crippen molar-refractivity contribution in [3.8, 4) is 0 Å². The Hall–Kier alpha value is -1.44. The molecule has 0 aliphatic rings. The maximum absolute atomic E-state index is 10.3. The van der Waals surface area contributed by atoms with Crippen molar-refractivity contribution in [1.82, 2.24) is 0 Å². The highest BCUT2D eigenvalue weighted by Gasteiger charge is 2.03. The summed E-state index contributed by atoms with van der Waals surface area (Å²) in [6, 6.07) is 5.45. The summed E-state index contributed by atoms with van der Waals surface area (Å²) in [5.74, 6) is 0. The van der Waals surface area contributed by atoms with Crippen molar-refractivity contribution in [3.05, 3.63) is 40.8 Å². The van der Waals surface area contributed by atoms with Gasteiger partial charge in [0.25, 0.3) is 0 Å². The van der Waals surface area contributed by atoms with Crippen LogP contribution in [0.25, 0.3) is 5.57 Å². The smallest absolute Gasteiger partial charge is 0.111 e. The minimum Gasteiger partial charge on any atom is -0.145 e. The lowest BCUT2D eigenvalue weighted by Crippen LogP contribution is -1.83. The van der Waals surface area contributed by atoms with E-state index in [0.29, 0.717) is 5.69 Å². The summed E-state index contributed by atoms with van der Waals surface area (Å²) >= 11 is 0. The van der Waals surface area contributed by atoms with Gasteiger partial charge in [-0.2, -0.15) is 0 Å². The van der Waals surface area contributed by atoms with E-state index in [1.54, 1.807) is 6.07 Å². The highest BCUT2D eigenvalue weighted by Crippen LogP contribution is 2.25. The summed E-state index contributed by atoms with van der Waals surface area (Å²) in [7, 11) is 0. The lowest BCUT2D eigenvalue weighted by Gasteiger charge is -2.04. The zero-order chi connectivity index (χ0) is 9.14. The molecule has 0 spiro atoms. The van der Waals surface area contributed by atoms with E-state index in [0.717, 1.165) is 16.7 Å². The molecule has 0 radical (unpaired) electrons. The molecule has 0 bridgehead atoms. The SMILES string of the molecule is C=C(C)c1cccc(N=O)c1C. The number of hydrogen-bond acceptors (Lipinski definition) is 2. The summed E-state index contributed by atoms with van der Waals surface area (Å²) in [5, 5.41) is 2.92. The van der Waals surface area contributed by atoms with Crippen molar-refractivity contribution in [2.45, 2.75) is 13.8 Å². The number of nitroso groups, excluding NO2 is 1. The molecule has 0 saturated carbocycles. The predicted molar refractivity (Wildman–Crippen MR) is 51.3 cm³/mol. The van der Waals surface area contributed by atoms with Crippen molar-refractivity contribution in [2.24, 2.45) is 5.18 Å². The van der Waals surface area contributed by atoms with Gasteiger partial charge in [-0.3, -0.25) is 0 Å². The average Bonchev–Trinajstić information content (AvgIpc) is 2.04. The van der Waals surface area contributed by atoms with Crippen LogP contribution in [0.3, 0.4) is 0 Å². The zero-order valence-corrected chi connectivity index (χ0v) is 7.29. The summed E-state index contributed by atoms with van der Waals surface area (Å²) in [5.41, 5.74) is 3.36. The van der Waals surface area contributed by atoms with Crippen molar-refractivity contribution >= 4 is 11.3 Å². The van der Waals surface area contributed by atoms with Crippen LogP contribution in [0, 0.1) is 11.8 Å². The topological polar surface area (TPSA) is 29.4 Å².